The Balaban J connectivity index is 1.98. The van der Waals surface area contributed by atoms with Crippen LogP contribution in [0.25, 0.3) is 10.9 Å². The Morgan fingerprint density at radius 3 is 2.56 bits per heavy atom. The number of rotatable bonds is 3. The van der Waals surface area contributed by atoms with Crippen LogP contribution in [0.15, 0.2) is 53.8 Å². The topological polar surface area (TPSA) is 37.3 Å². The molecule has 8 heteroatoms. The number of pyridine rings is 1. The molecule has 1 heterocycles. The minimum absolute atomic E-state index is 0.0327. The van der Waals surface area contributed by atoms with E-state index in [9.17, 15) is 13.2 Å². The van der Waals surface area contributed by atoms with Crippen LogP contribution in [0, 0.1) is 0 Å². The Labute approximate surface area is 151 Å². The van der Waals surface area contributed by atoms with E-state index >= 15 is 0 Å². The number of hydrogen-bond acceptors (Lipinski definition) is 3. The monoisotopic (exact) mass is 383 g/mol. The van der Waals surface area contributed by atoms with E-state index in [4.69, 9.17) is 23.2 Å². The van der Waals surface area contributed by atoms with E-state index in [1.165, 1.54) is 24.5 Å². The lowest BCUT2D eigenvalue weighted by atomic mass is 10.1. The highest BCUT2D eigenvalue weighted by Crippen LogP contribution is 2.37. The first-order valence-corrected chi connectivity index (χ1v) is 7.80. The summed E-state index contributed by atoms with van der Waals surface area (Å²) >= 11 is 11.7. The molecule has 0 atom stereocenters. The summed E-state index contributed by atoms with van der Waals surface area (Å²) < 4.78 is 39.5. The van der Waals surface area contributed by atoms with Crippen LogP contribution in [0.4, 0.5) is 18.9 Å². The third-order valence-electron chi connectivity index (χ3n) is 3.36. The van der Waals surface area contributed by atoms with Gasteiger partial charge in [0.2, 0.25) is 0 Å². The lowest BCUT2D eigenvalue weighted by Gasteiger charge is -2.12. The Hall–Kier alpha value is -2.31. The minimum atomic E-state index is -4.56. The van der Waals surface area contributed by atoms with Gasteiger partial charge in [0.1, 0.15) is 0 Å². The van der Waals surface area contributed by atoms with Crippen LogP contribution in [0.2, 0.25) is 10.0 Å². The number of halogens is 5. The predicted octanol–water partition coefficient (Wildman–Crippen LogP) is 6.01. The van der Waals surface area contributed by atoms with E-state index < -0.39 is 11.7 Å². The van der Waals surface area contributed by atoms with Gasteiger partial charge in [0.25, 0.3) is 0 Å². The van der Waals surface area contributed by atoms with Crippen LogP contribution in [-0.2, 0) is 6.18 Å². The van der Waals surface area contributed by atoms with Gasteiger partial charge in [-0.05, 0) is 35.9 Å². The highest BCUT2D eigenvalue weighted by molar-refractivity contribution is 6.31. The molecule has 128 valence electrons. The molecule has 3 aromatic rings. The molecular formula is C17H10Cl2F3N3. The predicted molar refractivity (Wildman–Crippen MR) is 94.4 cm³/mol. The van der Waals surface area contributed by atoms with Gasteiger partial charge in [-0.3, -0.25) is 10.4 Å². The van der Waals surface area contributed by atoms with Crippen LogP contribution >= 0.6 is 23.2 Å². The molecule has 0 amide bonds. The van der Waals surface area contributed by atoms with Gasteiger partial charge in [0.15, 0.2) is 0 Å². The molecule has 25 heavy (non-hydrogen) atoms. The number of aromatic nitrogens is 1. The molecular weight excluding hydrogens is 374 g/mol. The first kappa shape index (κ1) is 17.5. The van der Waals surface area contributed by atoms with Crippen LogP contribution in [0.5, 0.6) is 0 Å². The van der Waals surface area contributed by atoms with Crippen LogP contribution in [-0.4, -0.2) is 11.2 Å². The summed E-state index contributed by atoms with van der Waals surface area (Å²) in [6.07, 6.45) is -1.77. The van der Waals surface area contributed by atoms with Crippen molar-refractivity contribution in [3.05, 3.63) is 69.8 Å². The number of hydrogen-bond donors (Lipinski definition) is 1. The lowest BCUT2D eigenvalue weighted by Crippen LogP contribution is -2.07. The fourth-order valence-electron chi connectivity index (χ4n) is 2.30. The van der Waals surface area contributed by atoms with Crippen molar-refractivity contribution in [2.75, 3.05) is 5.43 Å². The molecule has 0 saturated heterocycles. The summed E-state index contributed by atoms with van der Waals surface area (Å²) in [7, 11) is 0. The second kappa shape index (κ2) is 6.90. The average molecular weight is 384 g/mol. The van der Waals surface area contributed by atoms with Crippen molar-refractivity contribution in [2.45, 2.75) is 6.18 Å². The van der Waals surface area contributed by atoms with Crippen LogP contribution in [0.1, 0.15) is 11.1 Å². The summed E-state index contributed by atoms with van der Waals surface area (Å²) in [6, 6.07) is 10.8. The van der Waals surface area contributed by atoms with Gasteiger partial charge in [-0.15, -0.1) is 0 Å². The lowest BCUT2D eigenvalue weighted by molar-refractivity contribution is -0.136. The van der Waals surface area contributed by atoms with Gasteiger partial charge in [-0.1, -0.05) is 35.3 Å². The smallest absolute Gasteiger partial charge is 0.278 e. The van der Waals surface area contributed by atoms with Gasteiger partial charge >= 0.3 is 6.18 Å². The summed E-state index contributed by atoms with van der Waals surface area (Å²) in [5.41, 5.74) is 2.74. The molecule has 3 nitrogen and oxygen atoms in total. The summed E-state index contributed by atoms with van der Waals surface area (Å²) in [5.74, 6) is 0. The molecule has 1 N–H and O–H groups in total. The number of benzene rings is 2. The number of fused-ring (bicyclic) bond motifs is 1. The third kappa shape index (κ3) is 4.03. The highest BCUT2D eigenvalue weighted by atomic mass is 35.5. The fraction of sp³-hybridized carbons (Fsp3) is 0.0588. The number of hydrazone groups is 1. The number of anilines is 1. The average Bonchev–Trinajstić information content (AvgIpc) is 2.54. The van der Waals surface area contributed by atoms with E-state index in [-0.39, 0.29) is 15.9 Å². The third-order valence-corrected chi connectivity index (χ3v) is 3.82. The molecule has 0 radical (unpaired) electrons. The zero-order valence-electron chi connectivity index (χ0n) is 12.5. The van der Waals surface area contributed by atoms with Crippen LogP contribution in [0.3, 0.4) is 0 Å². The fourth-order valence-corrected chi connectivity index (χ4v) is 2.71. The maximum absolute atomic E-state index is 13.2. The molecule has 0 aliphatic carbocycles. The van der Waals surface area contributed by atoms with E-state index in [0.717, 1.165) is 11.6 Å². The standard InChI is InChI=1S/C17H10Cl2F3N3/c18-11-3-1-2-10(6-11)9-24-25-15-4-5-23-16-13(15)7-12(19)8-14(16)17(20,21)22/h1-9H,(H,23,25)/b24-9+. The SMILES string of the molecule is FC(F)(F)c1cc(Cl)cc2c(N/N=C/c3cccc(Cl)c3)ccnc12. The van der Waals surface area contributed by atoms with Crippen molar-refractivity contribution < 1.29 is 13.2 Å². The van der Waals surface area contributed by atoms with E-state index in [1.54, 1.807) is 24.3 Å². The minimum Gasteiger partial charge on any atom is -0.278 e. The van der Waals surface area contributed by atoms with Crippen molar-refractivity contribution in [3.63, 3.8) is 0 Å². The van der Waals surface area contributed by atoms with Gasteiger partial charge < -0.3 is 0 Å². The van der Waals surface area contributed by atoms with Gasteiger partial charge in [0, 0.05) is 21.6 Å². The number of nitrogens with zero attached hydrogens (tertiary/aromatic N) is 2. The molecule has 1 aromatic heterocycles. The van der Waals surface area contributed by atoms with Crippen molar-refractivity contribution in [1.82, 2.24) is 4.98 Å². The summed E-state index contributed by atoms with van der Waals surface area (Å²) in [4.78, 5) is 3.84. The Morgan fingerprint density at radius 1 is 1.04 bits per heavy atom. The van der Waals surface area contributed by atoms with Gasteiger partial charge in [-0.2, -0.15) is 18.3 Å². The maximum Gasteiger partial charge on any atom is 0.418 e. The molecule has 0 spiro atoms. The first-order valence-electron chi connectivity index (χ1n) is 7.05. The van der Waals surface area contributed by atoms with E-state index in [0.29, 0.717) is 10.7 Å². The first-order chi connectivity index (χ1) is 11.8. The van der Waals surface area contributed by atoms with E-state index in [1.807, 2.05) is 0 Å². The molecule has 0 aliphatic heterocycles. The maximum atomic E-state index is 13.2. The Bertz CT molecular complexity index is 956. The number of nitrogens with one attached hydrogen (secondary N) is 1. The molecule has 0 saturated carbocycles. The van der Waals surface area contributed by atoms with Crippen molar-refractivity contribution in [2.24, 2.45) is 5.10 Å². The molecule has 2 aromatic carbocycles. The number of alkyl halides is 3. The summed E-state index contributed by atoms with van der Waals surface area (Å²) in [5, 5.41) is 4.79. The molecule has 0 bridgehead atoms. The second-order valence-electron chi connectivity index (χ2n) is 5.13. The van der Waals surface area contributed by atoms with Crippen LogP contribution < -0.4 is 5.43 Å². The molecule has 0 aliphatic rings. The zero-order valence-corrected chi connectivity index (χ0v) is 14.0. The molecule has 0 unspecified atom stereocenters. The van der Waals surface area contributed by atoms with Crippen molar-refractivity contribution >= 4 is 46.0 Å². The highest BCUT2D eigenvalue weighted by Gasteiger charge is 2.34. The zero-order chi connectivity index (χ0) is 18.0. The summed E-state index contributed by atoms with van der Waals surface area (Å²) in [6.45, 7) is 0. The molecule has 3 rings (SSSR count). The Morgan fingerprint density at radius 2 is 1.84 bits per heavy atom. The normalized spacial score (nSPS) is 12.0. The largest absolute Gasteiger partial charge is 0.418 e. The van der Waals surface area contributed by atoms with Crippen molar-refractivity contribution in [3.8, 4) is 0 Å². The van der Waals surface area contributed by atoms with Gasteiger partial charge in [0.05, 0.1) is 23.0 Å². The molecule has 0 fully saturated rings. The van der Waals surface area contributed by atoms with Crippen molar-refractivity contribution in [1.29, 1.82) is 0 Å². The van der Waals surface area contributed by atoms with Gasteiger partial charge in [-0.25, -0.2) is 0 Å². The quantitative estimate of drug-likeness (QED) is 0.444. The second-order valence-corrected chi connectivity index (χ2v) is 6.00. The van der Waals surface area contributed by atoms with E-state index in [2.05, 4.69) is 15.5 Å². The Kier molecular flexibility index (Phi) is 4.83.